The number of likely N-dealkylation sites (N-methyl/N-ethyl adjacent to an activating group) is 1. The van der Waals surface area contributed by atoms with Crippen LogP contribution in [-0.4, -0.2) is 85.8 Å². The molecule has 13 nitrogen and oxygen atoms in total. The Hall–Kier alpha value is -4.72. The summed E-state index contributed by atoms with van der Waals surface area (Å²) < 4.78 is 5.23. The standard InChI is InChI=1S/C30H31N3O10/c1-11-5-7-13(8-6-11)43-29(41)32-15-10-9-14-12(2)16-18(23(35)17(14)22(15)34)26(38)30(42)20(24(16)36)21(33(3)4)25(37)19(27(30)39)28(31)40/h5-10,12,16,20-21,24,34-36,39,42H,1-4H3,(H2,31,40)(H,32,41)/t12-,16?,20?,21-,24-,30-/m0/s1. The Balaban J connectivity index is 1.62. The lowest BCUT2D eigenvalue weighted by Crippen LogP contribution is -2.70. The Labute approximate surface area is 245 Å². The van der Waals surface area contributed by atoms with Gasteiger partial charge in [0, 0.05) is 11.5 Å². The van der Waals surface area contributed by atoms with Gasteiger partial charge in [0.1, 0.15) is 28.6 Å². The maximum Gasteiger partial charge on any atom is 0.417 e. The number of nitrogens with one attached hydrogen (secondary N) is 1. The van der Waals surface area contributed by atoms with Gasteiger partial charge in [0.05, 0.1) is 29.3 Å². The van der Waals surface area contributed by atoms with Crippen LogP contribution in [0.15, 0.2) is 53.3 Å². The number of ketones is 2. The molecular formula is C30H31N3O10. The van der Waals surface area contributed by atoms with Crippen molar-refractivity contribution in [2.24, 2.45) is 17.6 Å². The van der Waals surface area contributed by atoms with Crippen LogP contribution in [0.2, 0.25) is 0 Å². The van der Waals surface area contributed by atoms with Crippen molar-refractivity contribution in [3.63, 3.8) is 0 Å². The molecule has 226 valence electrons. The van der Waals surface area contributed by atoms with Gasteiger partial charge >= 0.3 is 6.09 Å². The topological polar surface area (TPSA) is 220 Å². The number of hydrogen-bond donors (Lipinski definition) is 7. The van der Waals surface area contributed by atoms with Gasteiger partial charge in [0.15, 0.2) is 11.4 Å². The van der Waals surface area contributed by atoms with Crippen molar-refractivity contribution in [1.82, 2.24) is 4.90 Å². The van der Waals surface area contributed by atoms with Gasteiger partial charge in [0.2, 0.25) is 5.78 Å². The number of hydrogen-bond acceptors (Lipinski definition) is 11. The minimum Gasteiger partial charge on any atom is -0.508 e. The minimum atomic E-state index is -3.02. The summed E-state index contributed by atoms with van der Waals surface area (Å²) >= 11 is 0. The number of nitrogens with zero attached hydrogens (tertiary/aromatic N) is 1. The van der Waals surface area contributed by atoms with E-state index in [2.05, 4.69) is 5.32 Å². The fourth-order valence-corrected chi connectivity index (χ4v) is 6.57. The minimum absolute atomic E-state index is 0.177. The van der Waals surface area contributed by atoms with Crippen LogP contribution in [0.4, 0.5) is 10.5 Å². The second-order valence-electron chi connectivity index (χ2n) is 11.3. The molecule has 0 aliphatic heterocycles. The van der Waals surface area contributed by atoms with Crippen LogP contribution in [0.5, 0.6) is 11.5 Å². The quantitative estimate of drug-likeness (QED) is 0.198. The number of benzene rings is 2. The Morgan fingerprint density at radius 2 is 1.67 bits per heavy atom. The number of phenolic OH excluding ortho intramolecular Hbond substituents is 1. The molecule has 5 rings (SSSR count). The average molecular weight is 594 g/mol. The molecule has 3 aliphatic carbocycles. The van der Waals surface area contributed by atoms with Gasteiger partial charge in [-0.05, 0) is 50.7 Å². The van der Waals surface area contributed by atoms with Crippen LogP contribution in [0.25, 0.3) is 5.76 Å². The summed E-state index contributed by atoms with van der Waals surface area (Å²) in [6.07, 6.45) is -2.66. The van der Waals surface area contributed by atoms with Crippen LogP contribution in [0.1, 0.15) is 29.5 Å². The van der Waals surface area contributed by atoms with Gasteiger partial charge in [-0.25, -0.2) is 4.79 Å². The second-order valence-corrected chi connectivity index (χ2v) is 11.3. The molecule has 0 spiro atoms. The maximum absolute atomic E-state index is 14.1. The third-order valence-electron chi connectivity index (χ3n) is 8.60. The first-order valence-corrected chi connectivity index (χ1v) is 13.4. The number of aromatic hydroxyl groups is 1. The molecule has 0 bridgehead atoms. The molecule has 3 aliphatic rings. The summed E-state index contributed by atoms with van der Waals surface area (Å²) in [5.41, 5.74) is 1.57. The first kappa shape index (κ1) is 29.8. The molecule has 0 aromatic heterocycles. The van der Waals surface area contributed by atoms with Crippen LogP contribution in [0, 0.1) is 18.8 Å². The first-order valence-electron chi connectivity index (χ1n) is 13.4. The number of aliphatic hydroxyl groups excluding tert-OH is 3. The third kappa shape index (κ3) is 4.27. The van der Waals surface area contributed by atoms with Crippen LogP contribution >= 0.6 is 0 Å². The van der Waals surface area contributed by atoms with Crippen molar-refractivity contribution in [3.8, 4) is 11.5 Å². The Morgan fingerprint density at radius 3 is 2.26 bits per heavy atom. The van der Waals surface area contributed by atoms with Crippen molar-refractivity contribution in [3.05, 3.63) is 70.0 Å². The van der Waals surface area contributed by atoms with E-state index in [0.29, 0.717) is 5.56 Å². The number of amides is 2. The smallest absolute Gasteiger partial charge is 0.417 e. The third-order valence-corrected chi connectivity index (χ3v) is 8.60. The number of Topliss-reactive ketones (excluding diaryl/α,β-unsaturated/α-hetero) is 2. The van der Waals surface area contributed by atoms with E-state index in [9.17, 15) is 44.7 Å². The molecule has 2 unspecified atom stereocenters. The van der Waals surface area contributed by atoms with E-state index in [1.165, 1.54) is 31.1 Å². The highest BCUT2D eigenvalue weighted by Crippen LogP contribution is 2.56. The highest BCUT2D eigenvalue weighted by Gasteiger charge is 2.68. The lowest BCUT2D eigenvalue weighted by molar-refractivity contribution is -0.169. The number of nitrogens with two attached hydrogens (primary N) is 1. The summed E-state index contributed by atoms with van der Waals surface area (Å²) in [6.45, 7) is 3.47. The number of fused-ring (bicyclic) bond motifs is 3. The molecule has 2 aromatic rings. The van der Waals surface area contributed by atoms with Gasteiger partial charge in [-0.2, -0.15) is 0 Å². The molecular weight excluding hydrogens is 562 g/mol. The molecule has 2 amide bonds. The number of primary amides is 1. The SMILES string of the molecule is Cc1ccc(OC(=O)Nc2ccc3c(c2O)C(O)=C2C(=O)[C@]4(O)C(O)=C(C(N)=O)C(=O)[C@@H](N(C)C)C4[C@@H](O)C2[C@H]3C)cc1. The van der Waals surface area contributed by atoms with E-state index >= 15 is 0 Å². The van der Waals surface area contributed by atoms with Crippen LogP contribution < -0.4 is 15.8 Å². The number of carbonyl (C=O) groups is 4. The number of phenols is 1. The summed E-state index contributed by atoms with van der Waals surface area (Å²) in [6, 6.07) is 8.00. The normalized spacial score (nSPS) is 28.3. The summed E-state index contributed by atoms with van der Waals surface area (Å²) in [5, 5.41) is 59.3. The molecule has 1 fully saturated rings. The fraction of sp³-hybridized carbons (Fsp3) is 0.333. The largest absolute Gasteiger partial charge is 0.508 e. The van der Waals surface area contributed by atoms with Gasteiger partial charge in [-0.15, -0.1) is 0 Å². The number of anilines is 1. The summed E-state index contributed by atoms with van der Waals surface area (Å²) in [4.78, 5) is 53.3. The highest BCUT2D eigenvalue weighted by atomic mass is 16.6. The van der Waals surface area contributed by atoms with Crippen molar-refractivity contribution in [1.29, 1.82) is 0 Å². The van der Waals surface area contributed by atoms with E-state index in [4.69, 9.17) is 10.5 Å². The van der Waals surface area contributed by atoms with E-state index in [0.717, 1.165) is 5.56 Å². The molecule has 1 saturated carbocycles. The van der Waals surface area contributed by atoms with Gasteiger partial charge in [0.25, 0.3) is 5.91 Å². The molecule has 0 heterocycles. The zero-order valence-electron chi connectivity index (χ0n) is 23.7. The molecule has 8 N–H and O–H groups in total. The molecule has 0 saturated heterocycles. The van der Waals surface area contributed by atoms with E-state index in [-0.39, 0.29) is 17.0 Å². The van der Waals surface area contributed by atoms with Gasteiger partial charge in [-0.3, -0.25) is 24.6 Å². The summed E-state index contributed by atoms with van der Waals surface area (Å²) in [5.74, 6) is -9.85. The first-order chi connectivity index (χ1) is 20.1. The predicted octanol–water partition coefficient (Wildman–Crippen LogP) is 1.42. The zero-order chi connectivity index (χ0) is 31.7. The van der Waals surface area contributed by atoms with Crippen molar-refractivity contribution in [2.45, 2.75) is 37.5 Å². The van der Waals surface area contributed by atoms with Crippen LogP contribution in [0.3, 0.4) is 0 Å². The van der Waals surface area contributed by atoms with Gasteiger partial charge < -0.3 is 36.0 Å². The number of carbonyl (C=O) groups excluding carboxylic acids is 4. The van der Waals surface area contributed by atoms with Crippen molar-refractivity contribution in [2.75, 3.05) is 19.4 Å². The molecule has 6 atom stereocenters. The van der Waals surface area contributed by atoms with Crippen molar-refractivity contribution < 1.29 is 49.4 Å². The van der Waals surface area contributed by atoms with E-state index in [1.807, 2.05) is 6.92 Å². The Kier molecular flexibility index (Phi) is 7.08. The molecule has 2 aromatic carbocycles. The van der Waals surface area contributed by atoms with E-state index in [1.54, 1.807) is 31.2 Å². The Bertz CT molecular complexity index is 1640. The van der Waals surface area contributed by atoms with Gasteiger partial charge in [-0.1, -0.05) is 30.7 Å². The number of aryl methyl sites for hydroxylation is 1. The van der Waals surface area contributed by atoms with Crippen LogP contribution in [-0.2, 0) is 14.4 Å². The average Bonchev–Trinajstić information content (AvgIpc) is 2.93. The number of ether oxygens (including phenoxy) is 1. The van der Waals surface area contributed by atoms with E-state index < -0.39 is 87.5 Å². The maximum atomic E-state index is 14.1. The lowest BCUT2D eigenvalue weighted by Gasteiger charge is -2.53. The summed E-state index contributed by atoms with van der Waals surface area (Å²) in [7, 11) is 2.86. The molecule has 43 heavy (non-hydrogen) atoms. The molecule has 0 radical (unpaired) electrons. The zero-order valence-corrected chi connectivity index (χ0v) is 23.7. The molecule has 13 heteroatoms. The number of rotatable bonds is 4. The highest BCUT2D eigenvalue weighted by molar-refractivity contribution is 6.24. The monoisotopic (exact) mass is 593 g/mol. The lowest BCUT2D eigenvalue weighted by atomic mass is 9.54. The second kappa shape index (κ2) is 10.2. The number of aliphatic hydroxyl groups is 4. The Morgan fingerprint density at radius 1 is 1.05 bits per heavy atom. The fourth-order valence-electron chi connectivity index (χ4n) is 6.57. The van der Waals surface area contributed by atoms with Crippen molar-refractivity contribution >= 4 is 35.0 Å². The predicted molar refractivity (Wildman–Crippen MR) is 151 cm³/mol.